The molecular weight excluding hydrogens is 235 g/mol. The smallest absolute Gasteiger partial charge is 0.870 e. The van der Waals surface area contributed by atoms with Crippen molar-refractivity contribution in [1.29, 1.82) is 0 Å². The van der Waals surface area contributed by atoms with Gasteiger partial charge >= 0.3 is 29.6 Å². The number of unbranched alkanes of at least 4 members (excludes halogenated alkanes) is 1. The van der Waals surface area contributed by atoms with E-state index >= 15 is 0 Å². The van der Waals surface area contributed by atoms with Gasteiger partial charge in [-0.2, -0.15) is 0 Å². The normalized spacial score (nSPS) is 10.4. The molecule has 1 atom stereocenters. The number of rotatable bonds is 8. The molecule has 0 aromatic heterocycles. The van der Waals surface area contributed by atoms with E-state index < -0.39 is 0 Å². The third-order valence-corrected chi connectivity index (χ3v) is 1.59. The van der Waals surface area contributed by atoms with Crippen molar-refractivity contribution in [3.05, 3.63) is 0 Å². The molecule has 0 spiro atoms. The molecule has 102 valence electrons. The summed E-state index contributed by atoms with van der Waals surface area (Å²) < 4.78 is 9.91. The van der Waals surface area contributed by atoms with Crippen molar-refractivity contribution in [2.75, 3.05) is 33.0 Å². The van der Waals surface area contributed by atoms with Crippen LogP contribution in [-0.4, -0.2) is 54.8 Å². The van der Waals surface area contributed by atoms with Gasteiger partial charge in [0.2, 0.25) is 0 Å². The molecule has 6 heteroatoms. The molecule has 0 saturated carbocycles. The summed E-state index contributed by atoms with van der Waals surface area (Å²) in [7, 11) is 0. The predicted molar refractivity (Wildman–Crippen MR) is 62.9 cm³/mol. The maximum atomic E-state index is 8.34. The molecule has 0 aliphatic rings. The second kappa shape index (κ2) is 25.6. The van der Waals surface area contributed by atoms with Crippen LogP contribution in [0.15, 0.2) is 0 Å². The second-order valence-electron chi connectivity index (χ2n) is 3.14. The van der Waals surface area contributed by atoms with E-state index in [1.54, 1.807) is 0 Å². The number of ether oxygens (including phenoxy) is 2. The number of hydrogen-bond donors (Lipinski definition) is 2. The molecule has 0 saturated heterocycles. The molecular formula is C11H27NaO5. The third kappa shape index (κ3) is 31.5. The minimum atomic E-state index is 0. The van der Waals surface area contributed by atoms with E-state index in [4.69, 9.17) is 19.7 Å². The molecule has 0 heterocycles. The summed E-state index contributed by atoms with van der Waals surface area (Å²) in [6, 6.07) is 0. The van der Waals surface area contributed by atoms with E-state index in [1.807, 2.05) is 13.8 Å². The van der Waals surface area contributed by atoms with E-state index in [1.165, 1.54) is 0 Å². The van der Waals surface area contributed by atoms with Crippen LogP contribution >= 0.6 is 0 Å². The topological polar surface area (TPSA) is 88.9 Å². The van der Waals surface area contributed by atoms with Crippen molar-refractivity contribution in [3.8, 4) is 0 Å². The Kier molecular flexibility index (Phi) is 39.7. The number of hydrogen-bond acceptors (Lipinski definition) is 5. The average molecular weight is 262 g/mol. The average Bonchev–Trinajstić information content (AvgIpc) is 2.26. The summed E-state index contributed by atoms with van der Waals surface area (Å²) in [6.07, 6.45) is 2.26. The minimum Gasteiger partial charge on any atom is -0.870 e. The summed E-state index contributed by atoms with van der Waals surface area (Å²) in [5.41, 5.74) is 0. The van der Waals surface area contributed by atoms with Gasteiger partial charge in [-0.05, 0) is 20.3 Å². The zero-order valence-corrected chi connectivity index (χ0v) is 13.7. The first-order chi connectivity index (χ1) is 7.22. The zero-order valence-electron chi connectivity index (χ0n) is 11.7. The molecule has 0 aromatic rings. The summed E-state index contributed by atoms with van der Waals surface area (Å²) >= 11 is 0. The van der Waals surface area contributed by atoms with E-state index in [2.05, 4.69) is 6.92 Å². The molecule has 0 rings (SSSR count). The fraction of sp³-hybridized carbons (Fsp3) is 1.00. The molecule has 0 aliphatic heterocycles. The molecule has 17 heavy (non-hydrogen) atoms. The summed E-state index contributed by atoms with van der Waals surface area (Å²) in [4.78, 5) is 0. The zero-order chi connectivity index (χ0) is 11.9. The van der Waals surface area contributed by atoms with Gasteiger partial charge in [-0.25, -0.2) is 0 Å². The van der Waals surface area contributed by atoms with E-state index in [0.717, 1.165) is 19.4 Å². The van der Waals surface area contributed by atoms with Gasteiger partial charge in [0.15, 0.2) is 0 Å². The molecule has 5 nitrogen and oxygen atoms in total. The Balaban J connectivity index is -0.0000000896. The van der Waals surface area contributed by atoms with Gasteiger partial charge in [-0.3, -0.25) is 0 Å². The van der Waals surface area contributed by atoms with Gasteiger partial charge in [-0.15, -0.1) is 0 Å². The van der Waals surface area contributed by atoms with Crippen molar-refractivity contribution in [2.24, 2.45) is 0 Å². The van der Waals surface area contributed by atoms with Gasteiger partial charge in [0.25, 0.3) is 0 Å². The molecule has 3 N–H and O–H groups in total. The van der Waals surface area contributed by atoms with Crippen molar-refractivity contribution < 1.29 is 54.7 Å². The number of aliphatic hydroxyl groups excluding tert-OH is 2. The van der Waals surface area contributed by atoms with Crippen molar-refractivity contribution >= 4 is 0 Å². The maximum Gasteiger partial charge on any atom is 1.00 e. The fourth-order valence-electron chi connectivity index (χ4n) is 0.750. The molecule has 0 aliphatic carbocycles. The Morgan fingerprint density at radius 1 is 1.12 bits per heavy atom. The molecule has 1 unspecified atom stereocenters. The van der Waals surface area contributed by atoms with Gasteiger partial charge < -0.3 is 25.2 Å². The minimum absolute atomic E-state index is 0. The molecule has 0 fully saturated rings. The third-order valence-electron chi connectivity index (χ3n) is 1.59. The van der Waals surface area contributed by atoms with Crippen molar-refractivity contribution in [1.82, 2.24) is 0 Å². The second-order valence-corrected chi connectivity index (χ2v) is 3.14. The largest absolute Gasteiger partial charge is 1.00 e. The molecule has 0 amide bonds. The van der Waals surface area contributed by atoms with E-state index in [9.17, 15) is 0 Å². The monoisotopic (exact) mass is 262 g/mol. The SMILES string of the molecule is CCCCOCCO.CCOC(C)CO.[Na+].[OH-]. The quantitative estimate of drug-likeness (QED) is 0.391. The molecule has 0 radical (unpaired) electrons. The Labute approximate surface area is 127 Å². The van der Waals surface area contributed by atoms with Gasteiger partial charge in [0.1, 0.15) is 0 Å². The van der Waals surface area contributed by atoms with Gasteiger partial charge in [-0.1, -0.05) is 13.3 Å². The van der Waals surface area contributed by atoms with Crippen LogP contribution in [0.4, 0.5) is 0 Å². The fourth-order valence-corrected chi connectivity index (χ4v) is 0.750. The molecule has 0 bridgehead atoms. The van der Waals surface area contributed by atoms with Crippen LogP contribution in [0.1, 0.15) is 33.6 Å². The Morgan fingerprint density at radius 2 is 1.71 bits per heavy atom. The van der Waals surface area contributed by atoms with Crippen LogP contribution in [0.5, 0.6) is 0 Å². The van der Waals surface area contributed by atoms with Crippen LogP contribution in [0.2, 0.25) is 0 Å². The van der Waals surface area contributed by atoms with Crippen LogP contribution in [0.3, 0.4) is 0 Å². The van der Waals surface area contributed by atoms with Crippen LogP contribution in [0.25, 0.3) is 0 Å². The van der Waals surface area contributed by atoms with Crippen LogP contribution in [0, 0.1) is 0 Å². The van der Waals surface area contributed by atoms with Crippen LogP contribution in [-0.2, 0) is 9.47 Å². The van der Waals surface area contributed by atoms with Gasteiger partial charge in [0, 0.05) is 13.2 Å². The predicted octanol–water partition coefficient (Wildman–Crippen LogP) is -1.97. The Morgan fingerprint density at radius 3 is 2.00 bits per heavy atom. The van der Waals surface area contributed by atoms with E-state index in [0.29, 0.717) is 13.2 Å². The standard InChI is InChI=1S/C6H14O2.C5H12O2.Na.H2O/c1-2-3-5-8-6-4-7;1-3-7-5(2)4-6;;/h7H,2-6H2,1H3;5-6H,3-4H2,1-2H3;;1H2/q;;+1;/p-1. The summed E-state index contributed by atoms with van der Waals surface area (Å²) in [6.45, 7) is 8.08. The first-order valence-corrected chi connectivity index (χ1v) is 5.63. The van der Waals surface area contributed by atoms with Crippen molar-refractivity contribution in [2.45, 2.75) is 39.7 Å². The van der Waals surface area contributed by atoms with E-state index in [-0.39, 0.29) is 54.4 Å². The molecule has 0 aromatic carbocycles. The Bertz CT molecular complexity index is 99.9. The Hall–Kier alpha value is 0.800. The van der Waals surface area contributed by atoms with Crippen molar-refractivity contribution in [3.63, 3.8) is 0 Å². The summed E-state index contributed by atoms with van der Waals surface area (Å²) in [5.74, 6) is 0. The first-order valence-electron chi connectivity index (χ1n) is 5.63. The number of aliphatic hydroxyl groups is 2. The van der Waals surface area contributed by atoms with Crippen LogP contribution < -0.4 is 29.6 Å². The summed E-state index contributed by atoms with van der Waals surface area (Å²) in [5, 5.41) is 16.6. The van der Waals surface area contributed by atoms with Gasteiger partial charge in [0.05, 0.1) is 25.9 Å². The first kappa shape index (κ1) is 26.4. The maximum absolute atomic E-state index is 8.34.